The fraction of sp³-hybridized carbons (Fsp3) is 0.636. The molecule has 0 aromatic carbocycles. The molecule has 1 aromatic heterocycles. The zero-order valence-electron chi connectivity index (χ0n) is 11.3. The van der Waals surface area contributed by atoms with E-state index in [9.17, 15) is 9.59 Å². The van der Waals surface area contributed by atoms with Gasteiger partial charge in [-0.3, -0.25) is 4.79 Å². The molecule has 0 radical (unpaired) electrons. The number of nitrogens with zero attached hydrogens (tertiary/aromatic N) is 3. The number of aryl methyl sites for hydroxylation is 1. The average Bonchev–Trinajstić information content (AvgIpc) is 2.70. The molecule has 0 unspecified atom stereocenters. The fourth-order valence-corrected chi connectivity index (χ4v) is 1.61. The van der Waals surface area contributed by atoms with Gasteiger partial charge in [0.25, 0.3) is 0 Å². The molecule has 1 rings (SSSR count). The molecule has 0 aliphatic carbocycles. The molecule has 1 heterocycles. The number of carbonyl (C=O) groups excluding carboxylic acids is 1. The van der Waals surface area contributed by atoms with Gasteiger partial charge in [-0.2, -0.15) is 0 Å². The predicted molar refractivity (Wildman–Crippen MR) is 67.4 cm³/mol. The highest BCUT2D eigenvalue weighted by atomic mass is 16.4. The van der Waals surface area contributed by atoms with Crippen LogP contribution >= 0.6 is 0 Å². The van der Waals surface area contributed by atoms with Gasteiger partial charge in [-0.15, -0.1) is 10.2 Å². The molecule has 106 valence electrons. The van der Waals surface area contributed by atoms with Gasteiger partial charge in [0.15, 0.2) is 5.82 Å². The van der Waals surface area contributed by atoms with Crippen molar-refractivity contribution in [2.45, 2.75) is 45.8 Å². The Morgan fingerprint density at radius 1 is 1.47 bits per heavy atom. The van der Waals surface area contributed by atoms with Gasteiger partial charge in [-0.25, -0.2) is 4.79 Å². The minimum atomic E-state index is -0.962. The van der Waals surface area contributed by atoms with Crippen LogP contribution in [0.1, 0.15) is 33.0 Å². The molecule has 0 atom stereocenters. The van der Waals surface area contributed by atoms with Crippen LogP contribution in [0.5, 0.6) is 0 Å². The number of hydrogen-bond acceptors (Lipinski definition) is 4. The quantitative estimate of drug-likeness (QED) is 0.690. The Hall–Kier alpha value is -2.12. The lowest BCUT2D eigenvalue weighted by molar-refractivity contribution is -0.138. The van der Waals surface area contributed by atoms with E-state index >= 15 is 0 Å². The number of nitrogens with one attached hydrogen (secondary N) is 2. The summed E-state index contributed by atoms with van der Waals surface area (Å²) in [4.78, 5) is 22.3. The second-order valence-electron chi connectivity index (χ2n) is 4.80. The number of carboxylic acid groups (broad SMARTS) is 1. The molecule has 19 heavy (non-hydrogen) atoms. The van der Waals surface area contributed by atoms with Crippen molar-refractivity contribution in [1.29, 1.82) is 0 Å². The Balaban J connectivity index is 2.46. The van der Waals surface area contributed by atoms with Crippen LogP contribution in [0.2, 0.25) is 0 Å². The van der Waals surface area contributed by atoms with E-state index in [1.54, 1.807) is 20.2 Å². The molecule has 0 bridgehead atoms. The highest BCUT2D eigenvalue weighted by Crippen LogP contribution is 2.07. The molecule has 0 saturated carbocycles. The van der Waals surface area contributed by atoms with Gasteiger partial charge in [0.2, 0.25) is 0 Å². The van der Waals surface area contributed by atoms with Gasteiger partial charge < -0.3 is 20.3 Å². The molecule has 0 fully saturated rings. The normalized spacial score (nSPS) is 11.1. The van der Waals surface area contributed by atoms with Crippen molar-refractivity contribution in [1.82, 2.24) is 25.4 Å². The first kappa shape index (κ1) is 14.9. The van der Waals surface area contributed by atoms with E-state index in [2.05, 4.69) is 20.8 Å². The number of hydrogen-bond donors (Lipinski definition) is 3. The summed E-state index contributed by atoms with van der Waals surface area (Å²) >= 11 is 0. The Morgan fingerprint density at radius 2 is 2.16 bits per heavy atom. The zero-order chi connectivity index (χ0) is 14.5. The summed E-state index contributed by atoms with van der Waals surface area (Å²) in [6.45, 7) is 6.20. The summed E-state index contributed by atoms with van der Waals surface area (Å²) < 4.78 is 1.81. The molecule has 8 nitrogen and oxygen atoms in total. The molecular formula is C11H19N5O3. The lowest BCUT2D eigenvalue weighted by atomic mass is 10.0. The Bertz CT molecular complexity index is 455. The van der Waals surface area contributed by atoms with E-state index in [0.29, 0.717) is 5.82 Å². The summed E-state index contributed by atoms with van der Waals surface area (Å²) in [5.41, 5.74) is -0.811. The lowest BCUT2D eigenvalue weighted by Gasteiger charge is -2.24. The maximum absolute atomic E-state index is 11.7. The minimum absolute atomic E-state index is 0.147. The van der Waals surface area contributed by atoms with Gasteiger partial charge in [-0.1, -0.05) is 0 Å². The molecule has 1 aromatic rings. The van der Waals surface area contributed by atoms with Crippen LogP contribution in [0.3, 0.4) is 0 Å². The highest BCUT2D eigenvalue weighted by Gasteiger charge is 2.23. The average molecular weight is 269 g/mol. The van der Waals surface area contributed by atoms with Gasteiger partial charge in [0.05, 0.1) is 13.0 Å². The van der Waals surface area contributed by atoms with Gasteiger partial charge in [0.1, 0.15) is 6.33 Å². The Morgan fingerprint density at radius 3 is 2.74 bits per heavy atom. The summed E-state index contributed by atoms with van der Waals surface area (Å²) in [7, 11) is 0. The first-order valence-electron chi connectivity index (χ1n) is 5.98. The standard InChI is InChI=1S/C11H19N5O3/c1-4-16-7-13-15-8(16)6-12-10(19)14-11(2,3)5-9(17)18/h7H,4-6H2,1-3H3,(H,17,18)(H2,12,14,19). The van der Waals surface area contributed by atoms with Gasteiger partial charge in [0, 0.05) is 12.1 Å². The maximum Gasteiger partial charge on any atom is 0.315 e. The van der Waals surface area contributed by atoms with E-state index in [1.807, 2.05) is 11.5 Å². The second-order valence-corrected chi connectivity index (χ2v) is 4.80. The number of urea groups is 1. The SMILES string of the molecule is CCn1cnnc1CNC(=O)NC(C)(C)CC(=O)O. The third-order valence-electron chi connectivity index (χ3n) is 2.49. The van der Waals surface area contributed by atoms with Crippen molar-refractivity contribution in [3.8, 4) is 0 Å². The van der Waals surface area contributed by atoms with Crippen molar-refractivity contribution in [3.05, 3.63) is 12.2 Å². The van der Waals surface area contributed by atoms with E-state index < -0.39 is 17.5 Å². The van der Waals surface area contributed by atoms with Crippen LogP contribution in [0.4, 0.5) is 4.79 Å². The summed E-state index contributed by atoms with van der Waals surface area (Å²) in [6.07, 6.45) is 1.44. The van der Waals surface area contributed by atoms with E-state index in [0.717, 1.165) is 6.54 Å². The van der Waals surface area contributed by atoms with Crippen LogP contribution in [0.15, 0.2) is 6.33 Å². The van der Waals surface area contributed by atoms with Crippen molar-refractivity contribution in [3.63, 3.8) is 0 Å². The highest BCUT2D eigenvalue weighted by molar-refractivity contribution is 5.76. The first-order valence-corrected chi connectivity index (χ1v) is 5.98. The number of aliphatic carboxylic acids is 1. The van der Waals surface area contributed by atoms with Crippen LogP contribution in [0, 0.1) is 0 Å². The van der Waals surface area contributed by atoms with E-state index in [-0.39, 0.29) is 13.0 Å². The van der Waals surface area contributed by atoms with Crippen LogP contribution in [0.25, 0.3) is 0 Å². The molecule has 2 amide bonds. The summed E-state index contributed by atoms with van der Waals surface area (Å²) in [5.74, 6) is -0.315. The maximum atomic E-state index is 11.7. The van der Waals surface area contributed by atoms with Crippen molar-refractivity contribution in [2.75, 3.05) is 0 Å². The number of carbonyl (C=O) groups is 2. The van der Waals surface area contributed by atoms with Crippen molar-refractivity contribution < 1.29 is 14.7 Å². The molecule has 0 spiro atoms. The summed E-state index contributed by atoms with van der Waals surface area (Å²) in [5, 5.41) is 21.6. The molecule has 0 aliphatic rings. The zero-order valence-corrected chi connectivity index (χ0v) is 11.3. The molecule has 0 aliphatic heterocycles. The van der Waals surface area contributed by atoms with E-state index in [4.69, 9.17) is 5.11 Å². The molecule has 8 heteroatoms. The number of aromatic nitrogens is 3. The van der Waals surface area contributed by atoms with Gasteiger partial charge >= 0.3 is 12.0 Å². The van der Waals surface area contributed by atoms with Gasteiger partial charge in [-0.05, 0) is 20.8 Å². The topological polar surface area (TPSA) is 109 Å². The summed E-state index contributed by atoms with van der Waals surface area (Å²) in [6, 6.07) is -0.433. The third kappa shape index (κ3) is 4.94. The Kier molecular flexibility index (Phi) is 4.85. The van der Waals surface area contributed by atoms with Crippen LogP contribution < -0.4 is 10.6 Å². The molecule has 3 N–H and O–H groups in total. The predicted octanol–water partition coefficient (Wildman–Crippen LogP) is 0.350. The third-order valence-corrected chi connectivity index (χ3v) is 2.49. The van der Waals surface area contributed by atoms with Crippen LogP contribution in [-0.4, -0.2) is 37.4 Å². The fourth-order valence-electron chi connectivity index (χ4n) is 1.61. The lowest BCUT2D eigenvalue weighted by Crippen LogP contribution is -2.49. The second kappa shape index (κ2) is 6.17. The monoisotopic (exact) mass is 269 g/mol. The minimum Gasteiger partial charge on any atom is -0.481 e. The largest absolute Gasteiger partial charge is 0.481 e. The molecule has 0 saturated heterocycles. The van der Waals surface area contributed by atoms with Crippen molar-refractivity contribution in [2.24, 2.45) is 0 Å². The Labute approximate surface area is 111 Å². The van der Waals surface area contributed by atoms with Crippen LogP contribution in [-0.2, 0) is 17.9 Å². The van der Waals surface area contributed by atoms with Crippen molar-refractivity contribution >= 4 is 12.0 Å². The number of amides is 2. The van der Waals surface area contributed by atoms with E-state index in [1.165, 1.54) is 0 Å². The number of carboxylic acids is 1. The number of rotatable bonds is 6. The molecular weight excluding hydrogens is 250 g/mol. The smallest absolute Gasteiger partial charge is 0.315 e. The first-order chi connectivity index (χ1) is 8.84.